The molecule has 82 valence electrons. The van der Waals surface area contributed by atoms with Crippen molar-refractivity contribution in [3.05, 3.63) is 52.3 Å². The van der Waals surface area contributed by atoms with Crippen LogP contribution in [0.3, 0.4) is 0 Å². The normalized spacial score (nSPS) is 10.3. The number of rotatable bonds is 3. The molecule has 7 heteroatoms. The van der Waals surface area contributed by atoms with E-state index >= 15 is 0 Å². The van der Waals surface area contributed by atoms with Gasteiger partial charge in [0.05, 0.1) is 17.5 Å². The van der Waals surface area contributed by atoms with Gasteiger partial charge >= 0.3 is 0 Å². The van der Waals surface area contributed by atoms with Crippen molar-refractivity contribution < 1.29 is 9.31 Å². The summed E-state index contributed by atoms with van der Waals surface area (Å²) in [5.74, 6) is -0.635. The molecule has 0 spiro atoms. The fourth-order valence-corrected chi connectivity index (χ4v) is 1.33. The van der Waals surface area contributed by atoms with Gasteiger partial charge in [0.1, 0.15) is 18.5 Å². The van der Waals surface area contributed by atoms with Gasteiger partial charge in [-0.05, 0) is 11.6 Å². The lowest BCUT2D eigenvalue weighted by Crippen LogP contribution is -2.01. The van der Waals surface area contributed by atoms with E-state index < -0.39 is 10.7 Å². The topological polar surface area (TPSA) is 73.8 Å². The fourth-order valence-electron chi connectivity index (χ4n) is 1.33. The highest BCUT2D eigenvalue weighted by Gasteiger charge is 2.10. The molecule has 0 aliphatic heterocycles. The summed E-state index contributed by atoms with van der Waals surface area (Å²) in [6.45, 7) is 0.249. The molecule has 0 amide bonds. The molecular formula is C9H7FN4O2. The molecule has 2 aromatic rings. The van der Waals surface area contributed by atoms with Crippen molar-refractivity contribution in [3.8, 4) is 0 Å². The van der Waals surface area contributed by atoms with Crippen LogP contribution in [0.1, 0.15) is 5.56 Å². The minimum Gasteiger partial charge on any atom is -0.258 e. The van der Waals surface area contributed by atoms with Gasteiger partial charge in [0.25, 0.3) is 5.69 Å². The van der Waals surface area contributed by atoms with E-state index in [1.807, 2.05) is 0 Å². The van der Waals surface area contributed by atoms with Gasteiger partial charge in [-0.3, -0.25) is 10.1 Å². The van der Waals surface area contributed by atoms with Crippen LogP contribution in [0.5, 0.6) is 0 Å². The quantitative estimate of drug-likeness (QED) is 0.580. The van der Waals surface area contributed by atoms with E-state index in [9.17, 15) is 14.5 Å². The van der Waals surface area contributed by atoms with Crippen molar-refractivity contribution >= 4 is 5.69 Å². The Morgan fingerprint density at radius 2 is 2.25 bits per heavy atom. The van der Waals surface area contributed by atoms with Crippen molar-refractivity contribution in [1.29, 1.82) is 0 Å². The van der Waals surface area contributed by atoms with Crippen molar-refractivity contribution in [3.63, 3.8) is 0 Å². The van der Waals surface area contributed by atoms with Crippen molar-refractivity contribution in [2.45, 2.75) is 6.54 Å². The average Bonchev–Trinajstić information content (AvgIpc) is 2.69. The van der Waals surface area contributed by atoms with E-state index in [1.54, 1.807) is 0 Å². The van der Waals surface area contributed by atoms with E-state index in [0.29, 0.717) is 5.56 Å². The van der Waals surface area contributed by atoms with Crippen LogP contribution < -0.4 is 0 Å². The molecule has 1 aromatic carbocycles. The van der Waals surface area contributed by atoms with Crippen molar-refractivity contribution in [2.75, 3.05) is 0 Å². The van der Waals surface area contributed by atoms with Gasteiger partial charge in [-0.25, -0.2) is 14.1 Å². The predicted octanol–water partition coefficient (Wildman–Crippen LogP) is 1.37. The molecule has 16 heavy (non-hydrogen) atoms. The smallest absolute Gasteiger partial charge is 0.258 e. The van der Waals surface area contributed by atoms with Gasteiger partial charge in [-0.1, -0.05) is 0 Å². The monoisotopic (exact) mass is 222 g/mol. The first-order valence-corrected chi connectivity index (χ1v) is 4.41. The van der Waals surface area contributed by atoms with Crippen LogP contribution in [0.2, 0.25) is 0 Å². The maximum atomic E-state index is 13.1. The number of nitro benzene ring substituents is 1. The minimum atomic E-state index is -0.635. The predicted molar refractivity (Wildman–Crippen MR) is 52.2 cm³/mol. The van der Waals surface area contributed by atoms with Crippen LogP contribution in [0.4, 0.5) is 10.1 Å². The summed E-state index contributed by atoms with van der Waals surface area (Å²) in [4.78, 5) is 13.6. The van der Waals surface area contributed by atoms with Crippen molar-refractivity contribution in [2.24, 2.45) is 0 Å². The van der Waals surface area contributed by atoms with Gasteiger partial charge in [0, 0.05) is 6.07 Å². The third kappa shape index (κ3) is 2.19. The summed E-state index contributed by atoms with van der Waals surface area (Å²) in [6.07, 6.45) is 2.80. The molecule has 0 saturated heterocycles. The Morgan fingerprint density at radius 1 is 1.44 bits per heavy atom. The molecule has 0 aliphatic carbocycles. The molecule has 2 rings (SSSR count). The molecule has 0 atom stereocenters. The summed E-state index contributed by atoms with van der Waals surface area (Å²) in [6, 6.07) is 3.42. The SMILES string of the molecule is O=[N+]([O-])c1cc(F)cc(Cn2cncn2)c1. The Kier molecular flexibility index (Phi) is 2.59. The number of nitrogens with zero attached hydrogens (tertiary/aromatic N) is 4. The van der Waals surface area contributed by atoms with E-state index in [-0.39, 0.29) is 12.2 Å². The highest BCUT2D eigenvalue weighted by molar-refractivity contribution is 5.35. The Balaban J connectivity index is 2.31. The number of benzene rings is 1. The second-order valence-corrected chi connectivity index (χ2v) is 3.17. The molecule has 0 bridgehead atoms. The third-order valence-corrected chi connectivity index (χ3v) is 1.96. The third-order valence-electron chi connectivity index (χ3n) is 1.96. The number of hydrogen-bond acceptors (Lipinski definition) is 4. The molecule has 0 N–H and O–H groups in total. The van der Waals surface area contributed by atoms with Gasteiger partial charge in [-0.15, -0.1) is 0 Å². The van der Waals surface area contributed by atoms with Crippen LogP contribution in [0.15, 0.2) is 30.9 Å². The van der Waals surface area contributed by atoms with Gasteiger partial charge < -0.3 is 0 Å². The Labute approximate surface area is 89.5 Å². The maximum Gasteiger partial charge on any atom is 0.272 e. The van der Waals surface area contributed by atoms with E-state index in [1.165, 1.54) is 29.5 Å². The summed E-state index contributed by atoms with van der Waals surface area (Å²) in [7, 11) is 0. The Bertz CT molecular complexity index is 512. The van der Waals surface area contributed by atoms with Gasteiger partial charge in [0.2, 0.25) is 0 Å². The molecule has 0 radical (unpaired) electrons. The number of non-ortho nitro benzene ring substituents is 1. The number of aromatic nitrogens is 3. The first-order valence-electron chi connectivity index (χ1n) is 4.41. The lowest BCUT2D eigenvalue weighted by molar-refractivity contribution is -0.385. The summed E-state index contributed by atoms with van der Waals surface area (Å²) in [5, 5.41) is 14.3. The number of halogens is 1. The van der Waals surface area contributed by atoms with Crippen LogP contribution in [0, 0.1) is 15.9 Å². The number of hydrogen-bond donors (Lipinski definition) is 0. The van der Waals surface area contributed by atoms with E-state index in [4.69, 9.17) is 0 Å². The first-order chi connectivity index (χ1) is 7.65. The zero-order valence-electron chi connectivity index (χ0n) is 8.08. The fraction of sp³-hybridized carbons (Fsp3) is 0.111. The average molecular weight is 222 g/mol. The molecule has 6 nitrogen and oxygen atoms in total. The molecule has 1 heterocycles. The maximum absolute atomic E-state index is 13.1. The largest absolute Gasteiger partial charge is 0.272 e. The highest BCUT2D eigenvalue weighted by Crippen LogP contribution is 2.16. The van der Waals surface area contributed by atoms with Crippen LogP contribution in [-0.2, 0) is 6.54 Å². The molecule has 0 unspecified atom stereocenters. The molecule has 1 aromatic heterocycles. The second kappa shape index (κ2) is 4.05. The van der Waals surface area contributed by atoms with E-state index in [0.717, 1.165) is 6.07 Å². The summed E-state index contributed by atoms with van der Waals surface area (Å²) >= 11 is 0. The minimum absolute atomic E-state index is 0.249. The molecule has 0 saturated carbocycles. The van der Waals surface area contributed by atoms with Crippen LogP contribution in [-0.4, -0.2) is 19.7 Å². The van der Waals surface area contributed by atoms with Crippen LogP contribution >= 0.6 is 0 Å². The first kappa shape index (κ1) is 10.2. The zero-order valence-corrected chi connectivity index (χ0v) is 8.08. The zero-order chi connectivity index (χ0) is 11.5. The van der Waals surface area contributed by atoms with Gasteiger partial charge in [-0.2, -0.15) is 5.10 Å². The van der Waals surface area contributed by atoms with E-state index in [2.05, 4.69) is 10.1 Å². The van der Waals surface area contributed by atoms with Crippen LogP contribution in [0.25, 0.3) is 0 Å². The summed E-state index contributed by atoms with van der Waals surface area (Å²) in [5.41, 5.74) is 0.201. The molecule has 0 aliphatic rings. The second-order valence-electron chi connectivity index (χ2n) is 3.17. The lowest BCUT2D eigenvalue weighted by atomic mass is 10.2. The number of nitro groups is 1. The van der Waals surface area contributed by atoms with Gasteiger partial charge in [0.15, 0.2) is 0 Å². The Hall–Kier alpha value is -2.31. The van der Waals surface area contributed by atoms with Crippen molar-refractivity contribution in [1.82, 2.24) is 14.8 Å². The Morgan fingerprint density at radius 3 is 2.88 bits per heavy atom. The summed E-state index contributed by atoms with van der Waals surface area (Å²) < 4.78 is 14.5. The molecule has 0 fully saturated rings. The lowest BCUT2D eigenvalue weighted by Gasteiger charge is -2.01. The highest BCUT2D eigenvalue weighted by atomic mass is 19.1. The standard InChI is InChI=1S/C9H7FN4O2/c10-8-1-7(2-9(3-8)14(15)16)4-13-6-11-5-12-13/h1-3,5-6H,4H2. The molecular weight excluding hydrogens is 215 g/mol.